The molecule has 3 rings (SSSR count). The Bertz CT molecular complexity index is 956. The number of amides is 1. The lowest BCUT2D eigenvalue weighted by atomic mass is 9.87. The third kappa shape index (κ3) is 3.93. The number of rotatable bonds is 4. The zero-order chi connectivity index (χ0) is 18.9. The summed E-state index contributed by atoms with van der Waals surface area (Å²) in [6, 6.07) is 7.62. The first-order chi connectivity index (χ1) is 12.2. The Morgan fingerprint density at radius 3 is 2.73 bits per heavy atom. The van der Waals surface area contributed by atoms with E-state index in [1.54, 1.807) is 12.3 Å². The summed E-state index contributed by atoms with van der Waals surface area (Å²) in [6.07, 6.45) is 2.35. The average Bonchev–Trinajstić information content (AvgIpc) is 2.93. The van der Waals surface area contributed by atoms with Crippen molar-refractivity contribution in [3.63, 3.8) is 0 Å². The van der Waals surface area contributed by atoms with Crippen molar-refractivity contribution in [2.24, 2.45) is 5.41 Å². The topological polar surface area (TPSA) is 117 Å². The molecule has 0 aliphatic rings. The van der Waals surface area contributed by atoms with E-state index in [2.05, 4.69) is 47.3 Å². The number of aryl methyl sites for hydroxylation is 1. The van der Waals surface area contributed by atoms with Crippen LogP contribution in [0.2, 0.25) is 0 Å². The van der Waals surface area contributed by atoms with Gasteiger partial charge in [-0.1, -0.05) is 20.8 Å². The Balaban J connectivity index is 2.06. The van der Waals surface area contributed by atoms with Gasteiger partial charge in [0.1, 0.15) is 5.82 Å². The van der Waals surface area contributed by atoms with Gasteiger partial charge in [-0.15, -0.1) is 0 Å². The predicted octanol–water partition coefficient (Wildman–Crippen LogP) is 4.28. The molecule has 0 aliphatic heterocycles. The zero-order valence-electron chi connectivity index (χ0n) is 15.1. The number of aromatic nitrogens is 3. The van der Waals surface area contributed by atoms with Gasteiger partial charge in [0.15, 0.2) is 5.82 Å². The van der Waals surface area contributed by atoms with Crippen molar-refractivity contribution < 1.29 is 9.90 Å². The second-order valence-electron chi connectivity index (χ2n) is 7.59. The van der Waals surface area contributed by atoms with E-state index in [0.717, 1.165) is 40.4 Å². The zero-order valence-corrected chi connectivity index (χ0v) is 15.1. The van der Waals surface area contributed by atoms with Crippen LogP contribution in [-0.4, -0.2) is 26.4 Å². The molecule has 2 heterocycles. The highest BCUT2D eigenvalue weighted by Gasteiger charge is 2.15. The summed E-state index contributed by atoms with van der Waals surface area (Å²) < 4.78 is 0. The average molecular weight is 353 g/mol. The second-order valence-corrected chi connectivity index (χ2v) is 7.59. The van der Waals surface area contributed by atoms with E-state index in [4.69, 9.17) is 10.8 Å². The van der Waals surface area contributed by atoms with Crippen LogP contribution in [-0.2, 0) is 6.42 Å². The number of hydrogen-bond donors (Lipinski definition) is 4. The summed E-state index contributed by atoms with van der Waals surface area (Å²) >= 11 is 0. The Hall–Kier alpha value is -3.09. The number of pyridine rings is 1. The maximum Gasteiger partial charge on any atom is 0.410 e. The molecule has 1 aromatic carbocycles. The van der Waals surface area contributed by atoms with Crippen LogP contribution >= 0.6 is 0 Å². The molecule has 2 aromatic heterocycles. The maximum atomic E-state index is 10.9. The lowest BCUT2D eigenvalue weighted by Gasteiger charge is -2.18. The standard InChI is InChI=1S/C19H23N5O2/c1-19(2,3)6-4-12-8-13(9-14-16(12)23-24-17(14)20)11-5-7-21-15(10-11)22-18(25)26/h5,7-10H,4,6H2,1-3H3,(H,21,22)(H,25,26)(H3,20,23,24). The van der Waals surface area contributed by atoms with Crippen molar-refractivity contribution >= 4 is 28.6 Å². The fourth-order valence-corrected chi connectivity index (χ4v) is 2.87. The van der Waals surface area contributed by atoms with Crippen molar-refractivity contribution in [1.29, 1.82) is 0 Å². The van der Waals surface area contributed by atoms with E-state index in [1.807, 2.05) is 12.1 Å². The number of anilines is 2. The van der Waals surface area contributed by atoms with E-state index >= 15 is 0 Å². The number of nitrogen functional groups attached to an aromatic ring is 1. The van der Waals surface area contributed by atoms with Crippen LogP contribution in [0, 0.1) is 5.41 Å². The molecule has 3 aromatic rings. The molecule has 0 unspecified atom stereocenters. The molecule has 0 aliphatic carbocycles. The number of nitrogens with one attached hydrogen (secondary N) is 2. The number of nitrogens with zero attached hydrogens (tertiary/aromatic N) is 2. The minimum atomic E-state index is -1.14. The smallest absolute Gasteiger partial charge is 0.410 e. The van der Waals surface area contributed by atoms with Gasteiger partial charge in [0.2, 0.25) is 0 Å². The van der Waals surface area contributed by atoms with Crippen LogP contribution in [0.4, 0.5) is 16.4 Å². The quantitative estimate of drug-likeness (QED) is 0.558. The van der Waals surface area contributed by atoms with Crippen LogP contribution in [0.5, 0.6) is 0 Å². The second kappa shape index (κ2) is 6.67. The Labute approximate surface area is 151 Å². The number of benzene rings is 1. The van der Waals surface area contributed by atoms with Crippen molar-refractivity contribution in [1.82, 2.24) is 15.2 Å². The van der Waals surface area contributed by atoms with Gasteiger partial charge in [-0.05, 0) is 59.2 Å². The number of fused-ring (bicyclic) bond motifs is 1. The van der Waals surface area contributed by atoms with Gasteiger partial charge < -0.3 is 10.8 Å². The summed E-state index contributed by atoms with van der Waals surface area (Å²) in [7, 11) is 0. The third-order valence-corrected chi connectivity index (χ3v) is 4.26. The highest BCUT2D eigenvalue weighted by molar-refractivity contribution is 5.95. The first-order valence-electron chi connectivity index (χ1n) is 8.46. The van der Waals surface area contributed by atoms with E-state index in [-0.39, 0.29) is 11.2 Å². The van der Waals surface area contributed by atoms with Crippen LogP contribution in [0.3, 0.4) is 0 Å². The van der Waals surface area contributed by atoms with Gasteiger partial charge in [0.05, 0.1) is 5.52 Å². The van der Waals surface area contributed by atoms with Crippen molar-refractivity contribution in [3.8, 4) is 11.1 Å². The fourth-order valence-electron chi connectivity index (χ4n) is 2.87. The minimum Gasteiger partial charge on any atom is -0.465 e. The van der Waals surface area contributed by atoms with Crippen molar-refractivity contribution in [3.05, 3.63) is 36.0 Å². The molecule has 5 N–H and O–H groups in total. The van der Waals surface area contributed by atoms with E-state index < -0.39 is 6.09 Å². The highest BCUT2D eigenvalue weighted by atomic mass is 16.4. The summed E-state index contributed by atoms with van der Waals surface area (Å²) in [5.41, 5.74) is 10.1. The third-order valence-electron chi connectivity index (χ3n) is 4.26. The molecular weight excluding hydrogens is 330 g/mol. The van der Waals surface area contributed by atoms with Gasteiger partial charge in [-0.25, -0.2) is 9.78 Å². The predicted molar refractivity (Wildman–Crippen MR) is 103 cm³/mol. The van der Waals surface area contributed by atoms with Gasteiger partial charge in [-0.2, -0.15) is 5.10 Å². The number of carbonyl (C=O) groups is 1. The van der Waals surface area contributed by atoms with Gasteiger partial charge in [0, 0.05) is 11.6 Å². The first-order valence-corrected chi connectivity index (χ1v) is 8.46. The highest BCUT2D eigenvalue weighted by Crippen LogP contribution is 2.32. The lowest BCUT2D eigenvalue weighted by molar-refractivity contribution is 0.209. The molecule has 7 heteroatoms. The summed E-state index contributed by atoms with van der Waals surface area (Å²) in [6.45, 7) is 6.63. The molecule has 0 spiro atoms. The molecule has 0 atom stereocenters. The molecule has 0 saturated heterocycles. The first kappa shape index (κ1) is 17.7. The van der Waals surface area contributed by atoms with E-state index in [9.17, 15) is 4.79 Å². The van der Waals surface area contributed by atoms with E-state index in [1.165, 1.54) is 0 Å². The Morgan fingerprint density at radius 1 is 1.27 bits per heavy atom. The number of H-pyrrole nitrogens is 1. The summed E-state index contributed by atoms with van der Waals surface area (Å²) in [5.74, 6) is 0.739. The monoisotopic (exact) mass is 353 g/mol. The molecule has 136 valence electrons. The van der Waals surface area contributed by atoms with Gasteiger partial charge >= 0.3 is 6.09 Å². The minimum absolute atomic E-state index is 0.211. The lowest BCUT2D eigenvalue weighted by Crippen LogP contribution is -2.08. The number of nitrogens with two attached hydrogens (primary N) is 1. The normalized spacial score (nSPS) is 11.7. The fraction of sp³-hybridized carbons (Fsp3) is 0.316. The van der Waals surface area contributed by atoms with Gasteiger partial charge in [0.25, 0.3) is 0 Å². The van der Waals surface area contributed by atoms with Crippen LogP contribution in [0.1, 0.15) is 32.8 Å². The molecule has 0 bridgehead atoms. The van der Waals surface area contributed by atoms with Crippen molar-refractivity contribution in [2.45, 2.75) is 33.6 Å². The Kier molecular flexibility index (Phi) is 4.54. The maximum absolute atomic E-state index is 10.9. The molecule has 7 nitrogen and oxygen atoms in total. The van der Waals surface area contributed by atoms with Crippen molar-refractivity contribution in [2.75, 3.05) is 11.1 Å². The van der Waals surface area contributed by atoms with Gasteiger partial charge in [-0.3, -0.25) is 10.4 Å². The van der Waals surface area contributed by atoms with Crippen LogP contribution in [0.25, 0.3) is 22.0 Å². The molecular formula is C19H23N5O2. The molecule has 1 amide bonds. The SMILES string of the molecule is CC(C)(C)CCc1cc(-c2ccnc(NC(=O)O)c2)cc2c(N)n[nH]c12. The molecule has 0 radical (unpaired) electrons. The summed E-state index contributed by atoms with van der Waals surface area (Å²) in [4.78, 5) is 14.9. The summed E-state index contributed by atoms with van der Waals surface area (Å²) in [5, 5.41) is 19.2. The van der Waals surface area contributed by atoms with Crippen LogP contribution < -0.4 is 11.1 Å². The Morgan fingerprint density at radius 2 is 2.04 bits per heavy atom. The number of hydrogen-bond acceptors (Lipinski definition) is 4. The number of aromatic amines is 1. The largest absolute Gasteiger partial charge is 0.465 e. The van der Waals surface area contributed by atoms with E-state index in [0.29, 0.717) is 5.82 Å². The molecule has 0 fully saturated rings. The molecule has 0 saturated carbocycles. The number of carboxylic acid groups (broad SMARTS) is 1. The van der Waals surface area contributed by atoms with Crippen LogP contribution in [0.15, 0.2) is 30.5 Å². The molecule has 26 heavy (non-hydrogen) atoms.